The van der Waals surface area contributed by atoms with Crippen LogP contribution in [0.2, 0.25) is 0 Å². The summed E-state index contributed by atoms with van der Waals surface area (Å²) >= 11 is 0. The molecule has 0 unspecified atom stereocenters. The molecule has 8 nitrogen and oxygen atoms in total. The Hall–Kier alpha value is -2.75. The van der Waals surface area contributed by atoms with Crippen molar-refractivity contribution < 1.29 is 32.8 Å². The van der Waals surface area contributed by atoms with Crippen molar-refractivity contribution in [3.63, 3.8) is 0 Å². The van der Waals surface area contributed by atoms with E-state index < -0.39 is 10.4 Å². The van der Waals surface area contributed by atoms with E-state index in [0.717, 1.165) is 5.56 Å². The van der Waals surface area contributed by atoms with Gasteiger partial charge >= 0.3 is 10.4 Å². The Morgan fingerprint density at radius 1 is 0.870 bits per heavy atom. The molecule has 0 saturated carbocycles. The number of phenols is 3. The number of nitrogen functional groups attached to an aromatic ring is 1. The van der Waals surface area contributed by atoms with Gasteiger partial charge in [-0.15, -0.1) is 0 Å². The lowest BCUT2D eigenvalue weighted by Crippen LogP contribution is -1.89. The minimum absolute atomic E-state index is 0.0490. The second-order valence-electron chi connectivity index (χ2n) is 4.34. The van der Waals surface area contributed by atoms with Crippen LogP contribution in [0.1, 0.15) is 11.1 Å². The molecule has 0 atom stereocenters. The topological polar surface area (TPSA) is 161 Å². The Morgan fingerprint density at radius 2 is 1.39 bits per heavy atom. The molecule has 0 aliphatic heterocycles. The van der Waals surface area contributed by atoms with Gasteiger partial charge in [-0.25, -0.2) is 0 Å². The van der Waals surface area contributed by atoms with Crippen molar-refractivity contribution in [1.82, 2.24) is 0 Å². The third-order valence-corrected chi connectivity index (χ3v) is 2.52. The van der Waals surface area contributed by atoms with Crippen LogP contribution in [0.25, 0.3) is 12.2 Å². The summed E-state index contributed by atoms with van der Waals surface area (Å²) in [4.78, 5) is 0. The van der Waals surface area contributed by atoms with Gasteiger partial charge in [-0.2, -0.15) is 8.42 Å². The van der Waals surface area contributed by atoms with Crippen molar-refractivity contribution in [2.45, 2.75) is 0 Å². The molecule has 0 saturated heterocycles. The standard InChI is InChI=1S/C14H13NO3.H2O4S/c15-14-10(7-12(17)8-13(14)18)4-1-9-2-5-11(16)6-3-9;1-5(2,3)4/h1-8,16-18H,15H2;(H2,1,2,3,4). The molecule has 0 spiro atoms. The Labute approximate surface area is 132 Å². The monoisotopic (exact) mass is 341 g/mol. The maximum Gasteiger partial charge on any atom is 0.394 e. The minimum atomic E-state index is -4.67. The third-order valence-electron chi connectivity index (χ3n) is 2.52. The average Bonchev–Trinajstić information content (AvgIpc) is 2.41. The normalized spacial score (nSPS) is 11.0. The van der Waals surface area contributed by atoms with Crippen LogP contribution in [0.3, 0.4) is 0 Å². The second-order valence-corrected chi connectivity index (χ2v) is 5.24. The van der Waals surface area contributed by atoms with E-state index >= 15 is 0 Å². The number of hydrogen-bond donors (Lipinski definition) is 6. The van der Waals surface area contributed by atoms with Gasteiger partial charge in [0.15, 0.2) is 0 Å². The van der Waals surface area contributed by atoms with Gasteiger partial charge in [0.05, 0.1) is 5.69 Å². The summed E-state index contributed by atoms with van der Waals surface area (Å²) in [5.74, 6) is -0.00549. The van der Waals surface area contributed by atoms with E-state index in [2.05, 4.69) is 0 Å². The van der Waals surface area contributed by atoms with Crippen LogP contribution in [-0.2, 0) is 10.4 Å². The van der Waals surface area contributed by atoms with Crippen LogP contribution in [0.5, 0.6) is 17.2 Å². The van der Waals surface area contributed by atoms with Crippen LogP contribution < -0.4 is 5.73 Å². The largest absolute Gasteiger partial charge is 0.508 e. The lowest BCUT2D eigenvalue weighted by atomic mass is 10.1. The summed E-state index contributed by atoms with van der Waals surface area (Å²) in [5.41, 5.74) is 7.30. The maximum absolute atomic E-state index is 9.46. The van der Waals surface area contributed by atoms with E-state index in [4.69, 9.17) is 28.4 Å². The van der Waals surface area contributed by atoms with Crippen LogP contribution in [-0.4, -0.2) is 32.8 Å². The fourth-order valence-corrected chi connectivity index (χ4v) is 1.55. The highest BCUT2D eigenvalue weighted by Crippen LogP contribution is 2.30. The molecule has 0 amide bonds. The molecule has 0 bridgehead atoms. The van der Waals surface area contributed by atoms with Gasteiger partial charge in [-0.3, -0.25) is 9.11 Å². The number of aromatic hydroxyl groups is 3. The molecule has 0 aliphatic carbocycles. The summed E-state index contributed by atoms with van der Waals surface area (Å²) in [5, 5.41) is 28.0. The number of hydrogen-bond acceptors (Lipinski definition) is 6. The molecule has 0 aromatic heterocycles. The Balaban J connectivity index is 0.000000463. The number of nitrogens with two attached hydrogens (primary N) is 1. The highest BCUT2D eigenvalue weighted by molar-refractivity contribution is 7.79. The zero-order valence-corrected chi connectivity index (χ0v) is 12.5. The van der Waals surface area contributed by atoms with Crippen molar-refractivity contribution in [2.75, 3.05) is 5.73 Å². The van der Waals surface area contributed by atoms with Gasteiger partial charge in [0.25, 0.3) is 0 Å². The van der Waals surface area contributed by atoms with Gasteiger partial charge in [-0.1, -0.05) is 24.3 Å². The van der Waals surface area contributed by atoms with Crippen molar-refractivity contribution in [2.24, 2.45) is 0 Å². The van der Waals surface area contributed by atoms with E-state index in [1.165, 1.54) is 12.1 Å². The lowest BCUT2D eigenvalue weighted by molar-refractivity contribution is 0.381. The van der Waals surface area contributed by atoms with Crippen molar-refractivity contribution in [3.8, 4) is 17.2 Å². The summed E-state index contributed by atoms with van der Waals surface area (Å²) in [6.45, 7) is 0. The predicted octanol–water partition coefficient (Wildman–Crippen LogP) is 1.90. The SMILES string of the molecule is Nc1c(O)cc(O)cc1C=Cc1ccc(O)cc1.O=S(=O)(O)O. The summed E-state index contributed by atoms with van der Waals surface area (Å²) in [6.07, 6.45) is 3.45. The van der Waals surface area contributed by atoms with Crippen LogP contribution >= 0.6 is 0 Å². The van der Waals surface area contributed by atoms with E-state index in [1.54, 1.807) is 36.4 Å². The predicted molar refractivity (Wildman–Crippen MR) is 85.4 cm³/mol. The van der Waals surface area contributed by atoms with E-state index in [0.29, 0.717) is 5.56 Å². The first-order chi connectivity index (χ1) is 10.6. The molecule has 2 aromatic carbocycles. The van der Waals surface area contributed by atoms with Crippen LogP contribution in [0, 0.1) is 0 Å². The van der Waals surface area contributed by atoms with E-state index in [9.17, 15) is 10.2 Å². The third kappa shape index (κ3) is 7.18. The van der Waals surface area contributed by atoms with Crippen molar-refractivity contribution >= 4 is 28.2 Å². The molecule has 7 N–H and O–H groups in total. The molecular weight excluding hydrogens is 326 g/mol. The molecule has 23 heavy (non-hydrogen) atoms. The second kappa shape index (κ2) is 7.49. The zero-order chi connectivity index (χ0) is 17.6. The number of anilines is 1. The first-order valence-electron chi connectivity index (χ1n) is 6.04. The molecule has 0 radical (unpaired) electrons. The van der Waals surface area contributed by atoms with Crippen LogP contribution in [0.15, 0.2) is 36.4 Å². The van der Waals surface area contributed by atoms with Gasteiger partial charge in [-0.05, 0) is 23.8 Å². The number of benzene rings is 2. The van der Waals surface area contributed by atoms with E-state index in [-0.39, 0.29) is 22.9 Å². The Kier molecular flexibility index (Phi) is 5.96. The molecule has 2 rings (SSSR count). The van der Waals surface area contributed by atoms with Crippen molar-refractivity contribution in [3.05, 3.63) is 47.5 Å². The number of phenolic OH excluding ortho intramolecular Hbond substituents is 3. The van der Waals surface area contributed by atoms with Crippen molar-refractivity contribution in [1.29, 1.82) is 0 Å². The highest BCUT2D eigenvalue weighted by Gasteiger charge is 2.04. The Morgan fingerprint density at radius 3 is 1.91 bits per heavy atom. The Bertz CT molecular complexity index is 791. The summed E-state index contributed by atoms with van der Waals surface area (Å²) in [7, 11) is -4.67. The van der Waals surface area contributed by atoms with Gasteiger partial charge in [0, 0.05) is 11.6 Å². The average molecular weight is 341 g/mol. The van der Waals surface area contributed by atoms with Gasteiger partial charge in [0.2, 0.25) is 0 Å². The summed E-state index contributed by atoms with van der Waals surface area (Å²) in [6, 6.07) is 9.28. The molecule has 9 heteroatoms. The molecule has 0 fully saturated rings. The first kappa shape index (κ1) is 18.3. The fourth-order valence-electron chi connectivity index (χ4n) is 1.55. The van der Waals surface area contributed by atoms with Gasteiger partial charge in [0.1, 0.15) is 17.2 Å². The van der Waals surface area contributed by atoms with Crippen LogP contribution in [0.4, 0.5) is 5.69 Å². The lowest BCUT2D eigenvalue weighted by Gasteiger charge is -2.04. The molecular formula is C14H15NO7S. The fraction of sp³-hybridized carbons (Fsp3) is 0. The first-order valence-corrected chi connectivity index (χ1v) is 7.44. The maximum atomic E-state index is 9.46. The number of rotatable bonds is 2. The minimum Gasteiger partial charge on any atom is -0.508 e. The van der Waals surface area contributed by atoms with Gasteiger partial charge < -0.3 is 21.1 Å². The quantitative estimate of drug-likeness (QED) is 0.159. The highest BCUT2D eigenvalue weighted by atomic mass is 32.3. The summed E-state index contributed by atoms with van der Waals surface area (Å²) < 4.78 is 31.6. The molecule has 0 aliphatic rings. The molecule has 124 valence electrons. The molecule has 2 aromatic rings. The molecule has 0 heterocycles. The zero-order valence-electron chi connectivity index (χ0n) is 11.7. The smallest absolute Gasteiger partial charge is 0.394 e. The van der Waals surface area contributed by atoms with E-state index in [1.807, 2.05) is 0 Å².